The first-order valence-corrected chi connectivity index (χ1v) is 17.3. The number of aryl methyl sites for hydroxylation is 1. The average molecular weight is 727 g/mol. The van der Waals surface area contributed by atoms with Gasteiger partial charge in [0.05, 0.1) is 22.7 Å². The van der Waals surface area contributed by atoms with E-state index in [9.17, 15) is 18.0 Å². The molecule has 4 aromatic rings. The van der Waals surface area contributed by atoms with Crippen LogP contribution in [0.25, 0.3) is 0 Å². The van der Waals surface area contributed by atoms with Gasteiger partial charge in [0.1, 0.15) is 18.3 Å². The van der Waals surface area contributed by atoms with Gasteiger partial charge in [-0.2, -0.15) is 0 Å². The number of amides is 2. The molecular weight excluding hydrogens is 690 g/mol. The quantitative estimate of drug-likeness (QED) is 0.164. The molecule has 0 heterocycles. The summed E-state index contributed by atoms with van der Waals surface area (Å²) in [5, 5.41) is 3.14. The number of sulfonamides is 1. The van der Waals surface area contributed by atoms with E-state index in [-0.39, 0.29) is 40.5 Å². The second-order valence-corrected chi connectivity index (χ2v) is 14.3. The van der Waals surface area contributed by atoms with Crippen molar-refractivity contribution in [2.24, 2.45) is 0 Å². The Kier molecular flexibility index (Phi) is 11.9. The van der Waals surface area contributed by atoms with Gasteiger partial charge in [0.15, 0.2) is 0 Å². The molecule has 0 unspecified atom stereocenters. The minimum absolute atomic E-state index is 0.00904. The van der Waals surface area contributed by atoms with Crippen molar-refractivity contribution in [3.05, 3.63) is 123 Å². The highest BCUT2D eigenvalue weighted by atomic mass is 79.9. The SMILES string of the molecule is COc1ccc(N(CC(=O)N(Cc2cccc(Br)c2)[C@@H](Cc2ccccc2)C(=O)NC(C)C)S(=O)(=O)c2ccc(C)cc2)cc1Cl. The second kappa shape index (κ2) is 15.6. The first-order valence-electron chi connectivity index (χ1n) is 14.7. The first-order chi connectivity index (χ1) is 21.9. The highest BCUT2D eigenvalue weighted by Crippen LogP contribution is 2.32. The summed E-state index contributed by atoms with van der Waals surface area (Å²) < 4.78 is 35.5. The Hall–Kier alpha value is -3.86. The van der Waals surface area contributed by atoms with Crippen molar-refractivity contribution >= 4 is 55.1 Å². The molecule has 0 saturated carbocycles. The summed E-state index contributed by atoms with van der Waals surface area (Å²) >= 11 is 9.94. The zero-order valence-corrected chi connectivity index (χ0v) is 29.3. The van der Waals surface area contributed by atoms with Crippen LogP contribution in [0.4, 0.5) is 5.69 Å². The minimum Gasteiger partial charge on any atom is -0.495 e. The molecule has 0 fully saturated rings. The van der Waals surface area contributed by atoms with Crippen LogP contribution in [0, 0.1) is 6.92 Å². The number of nitrogens with zero attached hydrogens (tertiary/aromatic N) is 2. The average Bonchev–Trinajstić information content (AvgIpc) is 3.01. The van der Waals surface area contributed by atoms with Crippen LogP contribution in [-0.4, -0.2) is 50.9 Å². The molecule has 1 atom stereocenters. The fourth-order valence-corrected chi connectivity index (χ4v) is 7.05. The van der Waals surface area contributed by atoms with Gasteiger partial charge in [0.25, 0.3) is 10.0 Å². The molecule has 0 spiro atoms. The van der Waals surface area contributed by atoms with E-state index in [2.05, 4.69) is 21.2 Å². The minimum atomic E-state index is -4.26. The van der Waals surface area contributed by atoms with Crippen LogP contribution in [0.1, 0.15) is 30.5 Å². The van der Waals surface area contributed by atoms with Gasteiger partial charge >= 0.3 is 0 Å². The van der Waals surface area contributed by atoms with Crippen molar-refractivity contribution in [1.29, 1.82) is 0 Å². The third-order valence-electron chi connectivity index (χ3n) is 7.26. The summed E-state index contributed by atoms with van der Waals surface area (Å²) in [6.45, 7) is 5.02. The van der Waals surface area contributed by atoms with Gasteiger partial charge in [0.2, 0.25) is 11.8 Å². The lowest BCUT2D eigenvalue weighted by Gasteiger charge is -2.34. The van der Waals surface area contributed by atoms with E-state index in [1.165, 1.54) is 36.3 Å². The van der Waals surface area contributed by atoms with Crippen LogP contribution in [0.3, 0.4) is 0 Å². The molecule has 0 aliphatic rings. The fourth-order valence-electron chi connectivity index (χ4n) is 4.94. The predicted molar refractivity (Wildman–Crippen MR) is 186 cm³/mol. The van der Waals surface area contributed by atoms with E-state index in [1.807, 2.05) is 75.4 Å². The molecule has 4 aromatic carbocycles. The highest BCUT2D eigenvalue weighted by molar-refractivity contribution is 9.10. The number of rotatable bonds is 13. The van der Waals surface area contributed by atoms with E-state index >= 15 is 0 Å². The number of halogens is 2. The van der Waals surface area contributed by atoms with Crippen molar-refractivity contribution in [2.75, 3.05) is 18.0 Å². The monoisotopic (exact) mass is 725 g/mol. The second-order valence-electron chi connectivity index (χ2n) is 11.2. The number of nitrogens with one attached hydrogen (secondary N) is 1. The van der Waals surface area contributed by atoms with Gasteiger partial charge in [0, 0.05) is 23.5 Å². The molecule has 0 aliphatic heterocycles. The molecular formula is C35H37BrClN3O5S. The van der Waals surface area contributed by atoms with Gasteiger partial charge in [-0.05, 0) is 74.4 Å². The molecule has 0 bridgehead atoms. The van der Waals surface area contributed by atoms with Crippen LogP contribution in [-0.2, 0) is 32.6 Å². The molecule has 242 valence electrons. The summed E-state index contributed by atoms with van der Waals surface area (Å²) in [5.41, 5.74) is 2.67. The number of carbonyl (C=O) groups is 2. The maximum absolute atomic E-state index is 14.5. The van der Waals surface area contributed by atoms with Crippen molar-refractivity contribution < 1.29 is 22.7 Å². The summed E-state index contributed by atoms with van der Waals surface area (Å²) in [6, 6.07) is 26.6. The summed E-state index contributed by atoms with van der Waals surface area (Å²) in [6.07, 6.45) is 0.220. The smallest absolute Gasteiger partial charge is 0.264 e. The zero-order valence-electron chi connectivity index (χ0n) is 26.1. The molecule has 1 N–H and O–H groups in total. The Morgan fingerprint density at radius 3 is 2.20 bits per heavy atom. The summed E-state index contributed by atoms with van der Waals surface area (Å²) in [7, 11) is -2.80. The lowest BCUT2D eigenvalue weighted by atomic mass is 10.0. The van der Waals surface area contributed by atoms with Gasteiger partial charge in [-0.3, -0.25) is 13.9 Å². The molecule has 46 heavy (non-hydrogen) atoms. The fraction of sp³-hybridized carbons (Fsp3) is 0.257. The molecule has 0 saturated heterocycles. The standard InChI is InChI=1S/C35H37BrClN3O5S/c1-24(2)38-35(42)32(20-26-9-6-5-7-10-26)39(22-27-11-8-12-28(36)19-27)34(41)23-40(29-15-18-33(45-4)31(37)21-29)46(43,44)30-16-13-25(3)14-17-30/h5-19,21,24,32H,20,22-23H2,1-4H3,(H,38,42)/t32-/m0/s1. The zero-order chi connectivity index (χ0) is 33.4. The van der Waals surface area contributed by atoms with E-state index in [0.717, 1.165) is 25.5 Å². The Morgan fingerprint density at radius 2 is 1.59 bits per heavy atom. The molecule has 2 amide bonds. The lowest BCUT2D eigenvalue weighted by Crippen LogP contribution is -2.54. The molecule has 0 radical (unpaired) electrons. The molecule has 4 rings (SSSR count). The number of carbonyl (C=O) groups excluding carboxylic acids is 2. The van der Waals surface area contributed by atoms with Crippen LogP contribution < -0.4 is 14.4 Å². The van der Waals surface area contributed by atoms with Gasteiger partial charge in [-0.1, -0.05) is 87.7 Å². The van der Waals surface area contributed by atoms with E-state index < -0.39 is 28.5 Å². The van der Waals surface area contributed by atoms with Crippen LogP contribution >= 0.6 is 27.5 Å². The third-order valence-corrected chi connectivity index (χ3v) is 9.83. The maximum atomic E-state index is 14.5. The van der Waals surface area contributed by atoms with Crippen LogP contribution in [0.15, 0.2) is 106 Å². The van der Waals surface area contributed by atoms with Gasteiger partial charge < -0.3 is 15.0 Å². The van der Waals surface area contributed by atoms with E-state index in [1.54, 1.807) is 18.2 Å². The van der Waals surface area contributed by atoms with Crippen molar-refractivity contribution in [2.45, 2.75) is 50.7 Å². The summed E-state index contributed by atoms with van der Waals surface area (Å²) in [4.78, 5) is 29.8. The van der Waals surface area contributed by atoms with Gasteiger partial charge in [-0.15, -0.1) is 0 Å². The maximum Gasteiger partial charge on any atom is 0.264 e. The van der Waals surface area contributed by atoms with Crippen LogP contribution in [0.5, 0.6) is 5.75 Å². The van der Waals surface area contributed by atoms with Crippen molar-refractivity contribution in [3.8, 4) is 5.75 Å². The topological polar surface area (TPSA) is 96.0 Å². The molecule has 0 aliphatic carbocycles. The molecule has 8 nitrogen and oxygen atoms in total. The number of methoxy groups -OCH3 is 1. The Balaban J connectivity index is 1.83. The first kappa shape index (κ1) is 35.0. The van der Waals surface area contributed by atoms with E-state index in [0.29, 0.717) is 5.75 Å². The predicted octanol–water partition coefficient (Wildman–Crippen LogP) is 6.78. The lowest BCUT2D eigenvalue weighted by molar-refractivity contribution is -0.140. The number of hydrogen-bond acceptors (Lipinski definition) is 5. The van der Waals surface area contributed by atoms with E-state index in [4.69, 9.17) is 16.3 Å². The number of hydrogen-bond donors (Lipinski definition) is 1. The Bertz CT molecular complexity index is 1770. The normalized spacial score (nSPS) is 12.0. The Labute approximate surface area is 284 Å². The number of ether oxygens (including phenoxy) is 1. The van der Waals surface area contributed by atoms with Crippen LogP contribution in [0.2, 0.25) is 5.02 Å². The van der Waals surface area contributed by atoms with Crippen molar-refractivity contribution in [3.63, 3.8) is 0 Å². The number of anilines is 1. The van der Waals surface area contributed by atoms with Gasteiger partial charge in [-0.25, -0.2) is 8.42 Å². The largest absolute Gasteiger partial charge is 0.495 e. The van der Waals surface area contributed by atoms with Crippen molar-refractivity contribution in [1.82, 2.24) is 10.2 Å². The summed E-state index contributed by atoms with van der Waals surface area (Å²) in [5.74, 6) is -0.556. The third kappa shape index (κ3) is 8.90. The Morgan fingerprint density at radius 1 is 0.913 bits per heavy atom. The number of benzene rings is 4. The molecule has 0 aromatic heterocycles. The molecule has 11 heteroatoms. The highest BCUT2D eigenvalue weighted by Gasteiger charge is 2.35.